The lowest BCUT2D eigenvalue weighted by molar-refractivity contribution is -0.00491. The van der Waals surface area contributed by atoms with Gasteiger partial charge in [-0.05, 0) is 164 Å². The van der Waals surface area contributed by atoms with E-state index in [1.807, 2.05) is 0 Å². The summed E-state index contributed by atoms with van der Waals surface area (Å²) in [6.07, 6.45) is 8.32. The zero-order chi connectivity index (χ0) is 41.0. The minimum atomic E-state index is -0.437. The molecule has 0 amide bonds. The first-order valence-corrected chi connectivity index (χ1v) is 23.2. The van der Waals surface area contributed by atoms with Crippen LogP contribution in [0.25, 0.3) is 33.4 Å². The third-order valence-corrected chi connectivity index (χ3v) is 16.8. The Bertz CT molecular complexity index is 2940. The molecule has 1 spiro atoms. The molecule has 7 aromatic rings. The predicted octanol–water partition coefficient (Wildman–Crippen LogP) is 15.6. The average Bonchev–Trinajstić information content (AvgIpc) is 3.82. The first-order valence-electron chi connectivity index (χ1n) is 23.2. The summed E-state index contributed by atoms with van der Waals surface area (Å²) in [7, 11) is 0. The Hall–Kier alpha value is -5.66. The topological polar surface area (TPSA) is 3.24 Å². The number of rotatable bonds is 4. The van der Waals surface area contributed by atoms with Gasteiger partial charge in [-0.25, -0.2) is 0 Å². The summed E-state index contributed by atoms with van der Waals surface area (Å²) in [6.45, 7) is 11.9. The van der Waals surface area contributed by atoms with E-state index in [1.165, 1.54) is 128 Å². The molecule has 1 atom stereocenters. The van der Waals surface area contributed by atoms with Crippen LogP contribution in [0.5, 0.6) is 0 Å². The fourth-order valence-electron chi connectivity index (χ4n) is 14.6. The highest BCUT2D eigenvalue weighted by atomic mass is 15.2. The minimum absolute atomic E-state index is 0.0172. The van der Waals surface area contributed by atoms with Gasteiger partial charge in [-0.2, -0.15) is 0 Å². The molecule has 7 aliphatic rings. The molecule has 7 aromatic carbocycles. The second-order valence-corrected chi connectivity index (χ2v) is 21.5. The molecule has 0 aliphatic heterocycles. The van der Waals surface area contributed by atoms with Crippen LogP contribution in [0.3, 0.4) is 0 Å². The van der Waals surface area contributed by atoms with Gasteiger partial charge in [0.05, 0.1) is 11.1 Å². The van der Waals surface area contributed by atoms with Crippen molar-refractivity contribution < 1.29 is 0 Å². The van der Waals surface area contributed by atoms with Crippen LogP contribution >= 0.6 is 0 Å². The Balaban J connectivity index is 1.11. The molecule has 61 heavy (non-hydrogen) atoms. The van der Waals surface area contributed by atoms with Crippen molar-refractivity contribution in [3.8, 4) is 33.4 Å². The molecule has 1 heteroatoms. The molecule has 300 valence electrons. The number of benzene rings is 7. The summed E-state index contributed by atoms with van der Waals surface area (Å²) in [6, 6.07) is 59.6. The van der Waals surface area contributed by atoms with Crippen LogP contribution in [0, 0.1) is 17.8 Å². The molecule has 0 N–H and O–H groups in total. The zero-order valence-electron chi connectivity index (χ0n) is 36.4. The molecule has 14 rings (SSSR count). The quantitative estimate of drug-likeness (QED) is 0.172. The lowest BCUT2D eigenvalue weighted by atomic mass is 9.48. The molecular formula is C60H55N. The fraction of sp³-hybridized carbons (Fsp3) is 0.300. The highest BCUT2D eigenvalue weighted by Crippen LogP contribution is 2.66. The molecule has 1 unspecified atom stereocenters. The van der Waals surface area contributed by atoms with Crippen molar-refractivity contribution in [3.05, 3.63) is 196 Å². The highest BCUT2D eigenvalue weighted by molar-refractivity contribution is 5.99. The number of anilines is 3. The number of para-hydroxylation sites is 1. The molecule has 7 aliphatic carbocycles. The Morgan fingerprint density at radius 1 is 0.443 bits per heavy atom. The monoisotopic (exact) mass is 789 g/mol. The first kappa shape index (κ1) is 36.0. The SMILES string of the molecule is CC(C)(C)c1ccc2c(c1)C1(c3ccccc3-c3ccc(N(c4ccccc4C45CC6CC(CC(C6)C4)C5)c4cccc5c4-c4ccccc4C5(C)C)cc31)c1ccccc1-2. The molecular weight excluding hydrogens is 735 g/mol. The van der Waals surface area contributed by atoms with Crippen molar-refractivity contribution in [3.63, 3.8) is 0 Å². The third-order valence-electron chi connectivity index (χ3n) is 16.8. The van der Waals surface area contributed by atoms with Crippen molar-refractivity contribution in [1.29, 1.82) is 0 Å². The van der Waals surface area contributed by atoms with Crippen LogP contribution < -0.4 is 4.90 Å². The van der Waals surface area contributed by atoms with E-state index in [4.69, 9.17) is 0 Å². The van der Waals surface area contributed by atoms with Crippen molar-refractivity contribution in [2.75, 3.05) is 4.90 Å². The minimum Gasteiger partial charge on any atom is -0.310 e. The lowest BCUT2D eigenvalue weighted by Crippen LogP contribution is -2.48. The van der Waals surface area contributed by atoms with Gasteiger partial charge in [-0.3, -0.25) is 0 Å². The maximum absolute atomic E-state index is 2.73. The maximum atomic E-state index is 2.73. The molecule has 4 bridgehead atoms. The van der Waals surface area contributed by atoms with Gasteiger partial charge in [0, 0.05) is 22.4 Å². The summed E-state index contributed by atoms with van der Waals surface area (Å²) in [4.78, 5) is 2.73. The summed E-state index contributed by atoms with van der Waals surface area (Å²) < 4.78 is 0. The highest BCUT2D eigenvalue weighted by Gasteiger charge is 2.54. The van der Waals surface area contributed by atoms with Crippen LogP contribution in [0.4, 0.5) is 17.1 Å². The fourth-order valence-corrected chi connectivity index (χ4v) is 14.6. The Labute approximate surface area is 362 Å². The van der Waals surface area contributed by atoms with E-state index in [1.54, 1.807) is 5.56 Å². The van der Waals surface area contributed by atoms with Crippen LogP contribution in [0.15, 0.2) is 152 Å². The number of hydrogen-bond donors (Lipinski definition) is 0. The molecule has 0 aromatic heterocycles. The van der Waals surface area contributed by atoms with Crippen molar-refractivity contribution >= 4 is 17.1 Å². The Morgan fingerprint density at radius 3 is 1.57 bits per heavy atom. The van der Waals surface area contributed by atoms with Crippen LogP contribution in [-0.4, -0.2) is 0 Å². The second-order valence-electron chi connectivity index (χ2n) is 21.5. The zero-order valence-corrected chi connectivity index (χ0v) is 36.4. The predicted molar refractivity (Wildman–Crippen MR) is 254 cm³/mol. The van der Waals surface area contributed by atoms with Crippen LogP contribution in [0.2, 0.25) is 0 Å². The molecule has 4 saturated carbocycles. The van der Waals surface area contributed by atoms with Crippen molar-refractivity contribution in [2.24, 2.45) is 17.8 Å². The molecule has 1 nitrogen and oxygen atoms in total. The molecule has 0 heterocycles. The summed E-state index contributed by atoms with van der Waals surface area (Å²) in [5.41, 5.74) is 23.2. The van der Waals surface area contributed by atoms with E-state index < -0.39 is 5.41 Å². The third kappa shape index (κ3) is 4.73. The molecule has 0 saturated heterocycles. The van der Waals surface area contributed by atoms with Crippen LogP contribution in [-0.2, 0) is 21.7 Å². The van der Waals surface area contributed by atoms with E-state index in [2.05, 4.69) is 191 Å². The van der Waals surface area contributed by atoms with Gasteiger partial charge >= 0.3 is 0 Å². The van der Waals surface area contributed by atoms with Crippen molar-refractivity contribution in [1.82, 2.24) is 0 Å². The van der Waals surface area contributed by atoms with E-state index in [-0.39, 0.29) is 16.2 Å². The maximum Gasteiger partial charge on any atom is 0.0726 e. The Kier molecular flexibility index (Phi) is 7.24. The smallest absolute Gasteiger partial charge is 0.0726 e. The number of nitrogens with zero attached hydrogens (tertiary/aromatic N) is 1. The van der Waals surface area contributed by atoms with Crippen molar-refractivity contribution in [2.45, 2.75) is 94.8 Å². The van der Waals surface area contributed by atoms with E-state index in [0.717, 1.165) is 17.8 Å². The summed E-state index contributed by atoms with van der Waals surface area (Å²) in [5, 5.41) is 0. The van der Waals surface area contributed by atoms with Gasteiger partial charge in [0.2, 0.25) is 0 Å². The largest absolute Gasteiger partial charge is 0.310 e. The summed E-state index contributed by atoms with van der Waals surface area (Å²) >= 11 is 0. The van der Waals surface area contributed by atoms with Gasteiger partial charge in [0.1, 0.15) is 0 Å². The van der Waals surface area contributed by atoms with Gasteiger partial charge in [-0.1, -0.05) is 162 Å². The van der Waals surface area contributed by atoms with E-state index >= 15 is 0 Å². The number of hydrogen-bond acceptors (Lipinski definition) is 1. The van der Waals surface area contributed by atoms with Gasteiger partial charge in [-0.15, -0.1) is 0 Å². The second kappa shape index (κ2) is 12.3. The average molecular weight is 790 g/mol. The Morgan fingerprint density at radius 2 is 0.934 bits per heavy atom. The van der Waals surface area contributed by atoms with E-state index in [9.17, 15) is 0 Å². The van der Waals surface area contributed by atoms with Crippen LogP contribution in [0.1, 0.15) is 118 Å². The standard InChI is InChI=1S/C60H55N/c1-57(2,3)40-25-27-44-42-15-6-10-19-48(42)60(52(44)32-40)49-20-11-7-16-43(49)45-28-26-41(33-53(45)60)61(55-24-14-22-51-56(55)46-17-8-9-18-47(46)58(51,4)5)54-23-13-12-21-50(54)59-34-37-29-38(35-59)31-39(30-37)36-59/h6-28,32-33,37-39H,29-31,34-36H2,1-5H3. The number of fused-ring (bicyclic) bond motifs is 13. The van der Waals surface area contributed by atoms with Gasteiger partial charge in [0.25, 0.3) is 0 Å². The van der Waals surface area contributed by atoms with Gasteiger partial charge < -0.3 is 4.90 Å². The molecule has 4 fully saturated rings. The van der Waals surface area contributed by atoms with Gasteiger partial charge in [0.15, 0.2) is 0 Å². The molecule has 0 radical (unpaired) electrons. The summed E-state index contributed by atoms with van der Waals surface area (Å²) in [5.74, 6) is 2.58. The lowest BCUT2D eigenvalue weighted by Gasteiger charge is -2.57. The van der Waals surface area contributed by atoms with E-state index in [0.29, 0.717) is 0 Å². The first-order chi connectivity index (χ1) is 29.6. The normalized spacial score (nSPS) is 25.2.